The van der Waals surface area contributed by atoms with E-state index in [0.29, 0.717) is 6.42 Å². The molecule has 0 fully saturated rings. The second kappa shape index (κ2) is 6.93. The molecule has 0 spiro atoms. The van der Waals surface area contributed by atoms with E-state index < -0.39 is 12.0 Å². The number of halogens is 1. The van der Waals surface area contributed by atoms with Crippen LogP contribution >= 0.6 is 27.7 Å². The highest BCUT2D eigenvalue weighted by molar-refractivity contribution is 9.10. The van der Waals surface area contributed by atoms with Gasteiger partial charge in [0.1, 0.15) is 6.04 Å². The summed E-state index contributed by atoms with van der Waals surface area (Å²) >= 11 is 5.10. The molecule has 0 aliphatic carbocycles. The van der Waals surface area contributed by atoms with E-state index in [-0.39, 0.29) is 0 Å². The van der Waals surface area contributed by atoms with Crippen molar-refractivity contribution < 1.29 is 9.90 Å². The van der Waals surface area contributed by atoms with Gasteiger partial charge in [0.2, 0.25) is 0 Å². The summed E-state index contributed by atoms with van der Waals surface area (Å²) in [6.45, 7) is 0. The van der Waals surface area contributed by atoms with E-state index in [0.717, 1.165) is 16.0 Å². The van der Waals surface area contributed by atoms with Gasteiger partial charge in [-0.25, -0.2) is 0 Å². The minimum absolute atomic E-state index is 0.508. The maximum atomic E-state index is 10.5. The molecule has 1 rings (SSSR count). The Morgan fingerprint density at radius 1 is 1.56 bits per heavy atom. The van der Waals surface area contributed by atoms with Crippen molar-refractivity contribution >= 4 is 33.7 Å². The van der Waals surface area contributed by atoms with E-state index in [1.165, 1.54) is 5.56 Å². The molecule has 0 bridgehead atoms. The van der Waals surface area contributed by atoms with Crippen LogP contribution in [0.5, 0.6) is 0 Å². The highest BCUT2D eigenvalue weighted by atomic mass is 79.9. The van der Waals surface area contributed by atoms with Crippen LogP contribution in [0.15, 0.2) is 28.7 Å². The Balaban J connectivity index is 2.23. The number of carboxylic acid groups (broad SMARTS) is 1. The van der Waals surface area contributed by atoms with E-state index in [1.54, 1.807) is 11.8 Å². The lowest BCUT2D eigenvalue weighted by Gasteiger charge is -2.06. The summed E-state index contributed by atoms with van der Waals surface area (Å²) in [6, 6.07) is 7.34. The van der Waals surface area contributed by atoms with Gasteiger partial charge in [-0.3, -0.25) is 4.79 Å². The van der Waals surface area contributed by atoms with Crippen LogP contribution in [0.2, 0.25) is 0 Å². The third-order valence-electron chi connectivity index (χ3n) is 2.05. The van der Waals surface area contributed by atoms with Crippen LogP contribution in [0.1, 0.15) is 12.0 Å². The standard InChI is InChI=1S/C11H14BrNO2S/c12-9-3-1-2-8(6-9)7-16-5-4-10(13)11(14)15/h1-3,6,10H,4-5,7,13H2,(H,14,15)/t10-/m0/s1. The zero-order chi connectivity index (χ0) is 12.0. The van der Waals surface area contributed by atoms with Crippen LogP contribution in [0.4, 0.5) is 0 Å². The maximum absolute atomic E-state index is 10.5. The fourth-order valence-electron chi connectivity index (χ4n) is 1.15. The number of carboxylic acids is 1. The molecule has 0 radical (unpaired) electrons. The summed E-state index contributed by atoms with van der Waals surface area (Å²) in [4.78, 5) is 10.5. The number of aliphatic carboxylic acids is 1. The average Bonchev–Trinajstić information content (AvgIpc) is 2.24. The van der Waals surface area contributed by atoms with E-state index in [9.17, 15) is 4.79 Å². The highest BCUT2D eigenvalue weighted by Gasteiger charge is 2.10. The fourth-order valence-corrected chi connectivity index (χ4v) is 2.58. The molecule has 0 amide bonds. The Kier molecular flexibility index (Phi) is 5.87. The van der Waals surface area contributed by atoms with Gasteiger partial charge in [-0.15, -0.1) is 0 Å². The van der Waals surface area contributed by atoms with E-state index in [4.69, 9.17) is 10.8 Å². The number of rotatable bonds is 6. The first-order valence-corrected chi connectivity index (χ1v) is 6.85. The maximum Gasteiger partial charge on any atom is 0.320 e. The third-order valence-corrected chi connectivity index (χ3v) is 3.60. The quantitative estimate of drug-likeness (QED) is 0.793. The monoisotopic (exact) mass is 303 g/mol. The summed E-state index contributed by atoms with van der Waals surface area (Å²) < 4.78 is 1.06. The number of hydrogen-bond donors (Lipinski definition) is 2. The summed E-state index contributed by atoms with van der Waals surface area (Å²) in [5.74, 6) is 0.717. The fraction of sp³-hybridized carbons (Fsp3) is 0.364. The molecule has 1 aromatic carbocycles. The Hall–Kier alpha value is -0.520. The second-order valence-electron chi connectivity index (χ2n) is 3.42. The topological polar surface area (TPSA) is 63.3 Å². The summed E-state index contributed by atoms with van der Waals surface area (Å²) in [7, 11) is 0. The molecule has 5 heteroatoms. The molecule has 3 nitrogen and oxygen atoms in total. The predicted octanol–water partition coefficient (Wildman–Crippen LogP) is 2.48. The zero-order valence-corrected chi connectivity index (χ0v) is 11.1. The average molecular weight is 304 g/mol. The van der Waals surface area contributed by atoms with Crippen LogP contribution < -0.4 is 5.73 Å². The van der Waals surface area contributed by atoms with Crippen LogP contribution in [-0.2, 0) is 10.5 Å². The van der Waals surface area contributed by atoms with Crippen molar-refractivity contribution in [2.45, 2.75) is 18.2 Å². The number of nitrogens with two attached hydrogens (primary N) is 1. The molecule has 0 aliphatic rings. The van der Waals surface area contributed by atoms with Crippen LogP contribution in [0.25, 0.3) is 0 Å². The first-order chi connectivity index (χ1) is 7.59. The van der Waals surface area contributed by atoms with Gasteiger partial charge in [-0.2, -0.15) is 11.8 Å². The molecule has 0 aromatic heterocycles. The molecule has 0 saturated carbocycles. The molecule has 3 N–H and O–H groups in total. The van der Waals surface area contributed by atoms with Crippen molar-refractivity contribution in [1.29, 1.82) is 0 Å². The Morgan fingerprint density at radius 2 is 2.31 bits per heavy atom. The molecule has 1 aromatic rings. The molecular formula is C11H14BrNO2S. The summed E-state index contributed by atoms with van der Waals surface area (Å²) in [6.07, 6.45) is 0.508. The molecule has 0 saturated heterocycles. The molecule has 0 heterocycles. The van der Waals surface area contributed by atoms with Gasteiger partial charge >= 0.3 is 5.97 Å². The Morgan fingerprint density at radius 3 is 2.94 bits per heavy atom. The van der Waals surface area contributed by atoms with Crippen molar-refractivity contribution in [3.63, 3.8) is 0 Å². The molecule has 1 atom stereocenters. The first kappa shape index (κ1) is 13.5. The van der Waals surface area contributed by atoms with Gasteiger partial charge in [0.25, 0.3) is 0 Å². The molecular weight excluding hydrogens is 290 g/mol. The Bertz CT molecular complexity index is 360. The zero-order valence-electron chi connectivity index (χ0n) is 8.73. The van der Waals surface area contributed by atoms with Gasteiger partial charge in [0.05, 0.1) is 0 Å². The highest BCUT2D eigenvalue weighted by Crippen LogP contribution is 2.17. The number of thioether (sulfide) groups is 1. The van der Waals surface area contributed by atoms with Crippen LogP contribution in [-0.4, -0.2) is 22.9 Å². The molecule has 16 heavy (non-hydrogen) atoms. The largest absolute Gasteiger partial charge is 0.480 e. The van der Waals surface area contributed by atoms with Crippen molar-refractivity contribution in [2.24, 2.45) is 5.73 Å². The second-order valence-corrected chi connectivity index (χ2v) is 5.44. The minimum atomic E-state index is -0.928. The summed E-state index contributed by atoms with van der Waals surface area (Å²) in [5.41, 5.74) is 6.62. The number of carbonyl (C=O) groups is 1. The van der Waals surface area contributed by atoms with Gasteiger partial charge < -0.3 is 10.8 Å². The molecule has 0 aliphatic heterocycles. The van der Waals surface area contributed by atoms with Crippen LogP contribution in [0.3, 0.4) is 0 Å². The number of hydrogen-bond acceptors (Lipinski definition) is 3. The van der Waals surface area contributed by atoms with Crippen molar-refractivity contribution in [3.8, 4) is 0 Å². The lowest BCUT2D eigenvalue weighted by atomic mass is 10.2. The van der Waals surface area contributed by atoms with Crippen molar-refractivity contribution in [2.75, 3.05) is 5.75 Å². The van der Waals surface area contributed by atoms with Crippen molar-refractivity contribution in [3.05, 3.63) is 34.3 Å². The smallest absolute Gasteiger partial charge is 0.320 e. The predicted molar refractivity (Wildman–Crippen MR) is 70.5 cm³/mol. The van der Waals surface area contributed by atoms with E-state index in [1.807, 2.05) is 12.1 Å². The van der Waals surface area contributed by atoms with Gasteiger partial charge in [0, 0.05) is 10.2 Å². The normalized spacial score (nSPS) is 12.4. The lowest BCUT2D eigenvalue weighted by Crippen LogP contribution is -2.30. The van der Waals surface area contributed by atoms with Gasteiger partial charge in [-0.05, 0) is 29.9 Å². The first-order valence-electron chi connectivity index (χ1n) is 4.90. The minimum Gasteiger partial charge on any atom is -0.480 e. The molecule has 88 valence electrons. The third kappa shape index (κ3) is 5.01. The Labute approximate surface area is 108 Å². The van der Waals surface area contributed by atoms with Gasteiger partial charge in [0.15, 0.2) is 0 Å². The van der Waals surface area contributed by atoms with Crippen molar-refractivity contribution in [1.82, 2.24) is 0 Å². The SMILES string of the molecule is N[C@@H](CCSCc1cccc(Br)c1)C(=O)O. The molecule has 0 unspecified atom stereocenters. The van der Waals surface area contributed by atoms with Gasteiger partial charge in [-0.1, -0.05) is 28.1 Å². The van der Waals surface area contributed by atoms with E-state index >= 15 is 0 Å². The van der Waals surface area contributed by atoms with E-state index in [2.05, 4.69) is 28.1 Å². The lowest BCUT2D eigenvalue weighted by molar-refractivity contribution is -0.138. The number of benzene rings is 1. The summed E-state index contributed by atoms with van der Waals surface area (Å²) in [5, 5.41) is 8.59. The van der Waals surface area contributed by atoms with Crippen LogP contribution in [0, 0.1) is 0 Å².